The van der Waals surface area contributed by atoms with Crippen molar-refractivity contribution in [2.45, 2.75) is 105 Å². The molecule has 2 N–H and O–H groups in total. The number of aliphatic hydroxyl groups excluding tert-OH is 2. The molecule has 2 aliphatic rings. The smallest absolute Gasteiger partial charge is 0.311 e. The zero-order valence-electron chi connectivity index (χ0n) is 22.0. The molecule has 0 amide bonds. The fourth-order valence-electron chi connectivity index (χ4n) is 5.14. The molecule has 0 radical (unpaired) electrons. The molecule has 35 heavy (non-hydrogen) atoms. The molecule has 2 aliphatic heterocycles. The van der Waals surface area contributed by atoms with E-state index in [-0.39, 0.29) is 23.9 Å². The summed E-state index contributed by atoms with van der Waals surface area (Å²) >= 11 is 1.56. The third kappa shape index (κ3) is 6.59. The third-order valence-corrected chi connectivity index (χ3v) is 8.58. The van der Waals surface area contributed by atoms with Gasteiger partial charge in [-0.25, -0.2) is 4.98 Å². The number of esters is 1. The van der Waals surface area contributed by atoms with Gasteiger partial charge in [-0.1, -0.05) is 34.1 Å². The molecule has 196 valence electrons. The molecule has 1 aromatic heterocycles. The molecule has 0 aliphatic carbocycles. The molecule has 3 heterocycles. The molecular weight excluding hydrogens is 466 g/mol. The summed E-state index contributed by atoms with van der Waals surface area (Å²) in [6, 6.07) is 0. The number of thiazole rings is 1. The van der Waals surface area contributed by atoms with Crippen LogP contribution in [0.5, 0.6) is 0 Å². The van der Waals surface area contributed by atoms with Crippen LogP contribution in [0.2, 0.25) is 0 Å². The molecule has 2 saturated heterocycles. The van der Waals surface area contributed by atoms with E-state index in [0.29, 0.717) is 6.42 Å². The third-order valence-electron chi connectivity index (χ3n) is 7.79. The van der Waals surface area contributed by atoms with Crippen molar-refractivity contribution in [3.05, 3.63) is 21.7 Å². The first-order valence-corrected chi connectivity index (χ1v) is 13.6. The lowest BCUT2D eigenvalue weighted by Gasteiger charge is -2.36. The van der Waals surface area contributed by atoms with E-state index < -0.39 is 41.5 Å². The molecule has 0 bridgehead atoms. The number of aryl methyl sites for hydroxylation is 1. The predicted molar refractivity (Wildman–Crippen MR) is 136 cm³/mol. The van der Waals surface area contributed by atoms with Crippen molar-refractivity contribution in [1.82, 2.24) is 4.98 Å². The van der Waals surface area contributed by atoms with Gasteiger partial charge in [0.1, 0.15) is 11.9 Å². The quantitative estimate of drug-likeness (QED) is 0.453. The Morgan fingerprint density at radius 2 is 1.83 bits per heavy atom. The van der Waals surface area contributed by atoms with E-state index in [4.69, 9.17) is 9.47 Å². The van der Waals surface area contributed by atoms with Gasteiger partial charge in [-0.2, -0.15) is 0 Å². The van der Waals surface area contributed by atoms with Crippen molar-refractivity contribution >= 4 is 29.2 Å². The second-order valence-electron chi connectivity index (χ2n) is 11.1. The van der Waals surface area contributed by atoms with Crippen LogP contribution >= 0.6 is 11.3 Å². The lowest BCUT2D eigenvalue weighted by molar-refractivity contribution is -0.162. The number of hydrogen-bond acceptors (Lipinski definition) is 8. The van der Waals surface area contributed by atoms with E-state index in [1.165, 1.54) is 0 Å². The minimum absolute atomic E-state index is 0.00127. The number of ether oxygens (including phenoxy) is 2. The maximum Gasteiger partial charge on any atom is 0.311 e. The lowest BCUT2D eigenvalue weighted by Crippen LogP contribution is -2.49. The molecule has 3 rings (SSSR count). The van der Waals surface area contributed by atoms with Crippen LogP contribution in [0.1, 0.15) is 77.9 Å². The van der Waals surface area contributed by atoms with Crippen LogP contribution in [0.4, 0.5) is 0 Å². The Hall–Kier alpha value is -1.61. The fourth-order valence-corrected chi connectivity index (χ4v) is 5.71. The van der Waals surface area contributed by atoms with Crippen molar-refractivity contribution in [3.8, 4) is 0 Å². The van der Waals surface area contributed by atoms with Gasteiger partial charge in [-0.3, -0.25) is 9.59 Å². The molecule has 8 atom stereocenters. The molecule has 0 aromatic carbocycles. The van der Waals surface area contributed by atoms with Gasteiger partial charge in [0.05, 0.1) is 46.5 Å². The first kappa shape index (κ1) is 28.0. The second kappa shape index (κ2) is 11.2. The van der Waals surface area contributed by atoms with Gasteiger partial charge in [0.2, 0.25) is 0 Å². The SMILES string of the molecule is C/C(=C\c1csc(C)n1)[C@@H]1C[C@@H]2O[C@@H]2CCC[C@H](C)[C@H](O)[C@@H](C)C(=O)C(C)(C)[C@@H](O)C(C)C(=O)O1. The van der Waals surface area contributed by atoms with E-state index in [9.17, 15) is 19.8 Å². The van der Waals surface area contributed by atoms with Crippen molar-refractivity contribution in [3.63, 3.8) is 0 Å². The number of carbonyl (C=O) groups is 2. The second-order valence-corrected chi connectivity index (χ2v) is 12.1. The Labute approximate surface area is 212 Å². The number of epoxide rings is 1. The summed E-state index contributed by atoms with van der Waals surface area (Å²) in [6.07, 6.45) is 2.50. The van der Waals surface area contributed by atoms with Crippen LogP contribution in [-0.4, -0.2) is 57.5 Å². The number of ketones is 1. The number of rotatable bonds is 2. The topological polar surface area (TPSA) is 109 Å². The fraction of sp³-hybridized carbons (Fsp3) is 0.741. The molecule has 1 aromatic rings. The number of cyclic esters (lactones) is 1. The first-order chi connectivity index (χ1) is 16.3. The van der Waals surface area contributed by atoms with Crippen LogP contribution in [-0.2, 0) is 19.1 Å². The minimum Gasteiger partial charge on any atom is -0.457 e. The number of hydrogen-bond donors (Lipinski definition) is 2. The summed E-state index contributed by atoms with van der Waals surface area (Å²) in [5.41, 5.74) is 0.461. The molecule has 8 heteroatoms. The Kier molecular flexibility index (Phi) is 8.95. The van der Waals surface area contributed by atoms with E-state index in [2.05, 4.69) is 4.98 Å². The number of fused-ring (bicyclic) bond motifs is 1. The van der Waals surface area contributed by atoms with E-state index >= 15 is 0 Å². The van der Waals surface area contributed by atoms with Gasteiger partial charge in [-0.05, 0) is 51.2 Å². The predicted octanol–water partition coefficient (Wildman–Crippen LogP) is 4.33. The summed E-state index contributed by atoms with van der Waals surface area (Å²) < 4.78 is 11.8. The standard InChI is InChI=1S/C27H41NO6S/c1-14-9-8-10-20-22(33-20)12-21(15(2)11-19-13-35-18(5)28-19)34-26(32)17(4)25(31)27(6,7)24(30)16(3)23(14)29/h11,13-14,16-17,20-23,25,29,31H,8-10,12H2,1-7H3/b15-11+/t14-,16+,17?,20+,21-,22-,23-,25-/m0/s1. The van der Waals surface area contributed by atoms with Crippen molar-refractivity contribution in [2.75, 3.05) is 0 Å². The first-order valence-electron chi connectivity index (χ1n) is 12.7. The van der Waals surface area contributed by atoms with Crippen molar-refractivity contribution < 1.29 is 29.3 Å². The highest BCUT2D eigenvalue weighted by Crippen LogP contribution is 2.37. The Bertz CT molecular complexity index is 940. The van der Waals surface area contributed by atoms with Gasteiger partial charge >= 0.3 is 5.97 Å². The molecule has 7 nitrogen and oxygen atoms in total. The average molecular weight is 508 g/mol. The number of aromatic nitrogens is 1. The highest BCUT2D eigenvalue weighted by molar-refractivity contribution is 7.09. The summed E-state index contributed by atoms with van der Waals surface area (Å²) in [7, 11) is 0. The number of nitrogens with zero attached hydrogens (tertiary/aromatic N) is 1. The van der Waals surface area contributed by atoms with Crippen LogP contribution in [0.3, 0.4) is 0 Å². The molecule has 0 spiro atoms. The lowest BCUT2D eigenvalue weighted by atomic mass is 9.71. The van der Waals surface area contributed by atoms with Crippen molar-refractivity contribution in [2.24, 2.45) is 23.2 Å². The molecule has 0 saturated carbocycles. The monoisotopic (exact) mass is 507 g/mol. The zero-order valence-corrected chi connectivity index (χ0v) is 22.8. The van der Waals surface area contributed by atoms with E-state index in [0.717, 1.165) is 35.5 Å². The number of Topliss-reactive ketones (excluding diaryl/α,β-unsaturated/α-hetero) is 1. The number of aliphatic hydroxyl groups is 2. The summed E-state index contributed by atoms with van der Waals surface area (Å²) in [4.78, 5) is 31.0. The minimum atomic E-state index is -1.25. The summed E-state index contributed by atoms with van der Waals surface area (Å²) in [5, 5.41) is 24.8. The Morgan fingerprint density at radius 1 is 1.14 bits per heavy atom. The van der Waals surface area contributed by atoms with Crippen LogP contribution in [0.25, 0.3) is 6.08 Å². The van der Waals surface area contributed by atoms with Gasteiger partial charge in [-0.15, -0.1) is 11.3 Å². The highest BCUT2D eigenvalue weighted by Gasteiger charge is 2.46. The summed E-state index contributed by atoms with van der Waals surface area (Å²) in [6.45, 7) is 12.4. The van der Waals surface area contributed by atoms with Gasteiger partial charge < -0.3 is 19.7 Å². The Balaban J connectivity index is 1.87. The van der Waals surface area contributed by atoms with E-state index in [1.54, 1.807) is 39.0 Å². The maximum absolute atomic E-state index is 13.3. The van der Waals surface area contributed by atoms with Crippen molar-refractivity contribution in [1.29, 1.82) is 0 Å². The van der Waals surface area contributed by atoms with Gasteiger partial charge in [0.15, 0.2) is 0 Å². The number of carbonyl (C=O) groups excluding carboxylic acids is 2. The summed E-state index contributed by atoms with van der Waals surface area (Å²) in [5.74, 6) is -2.45. The highest BCUT2D eigenvalue weighted by atomic mass is 32.1. The largest absolute Gasteiger partial charge is 0.457 e. The maximum atomic E-state index is 13.3. The van der Waals surface area contributed by atoms with Crippen LogP contribution in [0, 0.1) is 30.1 Å². The molecule has 1 unspecified atom stereocenters. The van der Waals surface area contributed by atoms with Gasteiger partial charge in [0, 0.05) is 17.7 Å². The van der Waals surface area contributed by atoms with Crippen LogP contribution in [0.15, 0.2) is 11.0 Å². The normalized spacial score (nSPS) is 37.5. The van der Waals surface area contributed by atoms with Gasteiger partial charge in [0.25, 0.3) is 0 Å². The van der Waals surface area contributed by atoms with E-state index in [1.807, 2.05) is 32.2 Å². The zero-order chi connectivity index (χ0) is 26.1. The molecular formula is C27H41NO6S. The Morgan fingerprint density at radius 3 is 2.46 bits per heavy atom. The molecule has 2 fully saturated rings. The van der Waals surface area contributed by atoms with Crippen LogP contribution < -0.4 is 0 Å². The average Bonchev–Trinajstić information content (AvgIpc) is 3.42.